The fraction of sp³-hybridized carbons (Fsp3) is 0.696. The maximum absolute atomic E-state index is 12.1. The van der Waals surface area contributed by atoms with Gasteiger partial charge in [0.05, 0.1) is 12.0 Å². The Bertz CT molecular complexity index is 914. The topological polar surface area (TPSA) is 58.6 Å². The second kappa shape index (κ2) is 8.69. The number of piperazine rings is 1. The molecule has 2 aliphatic carbocycles. The van der Waals surface area contributed by atoms with Gasteiger partial charge in [0.25, 0.3) is 0 Å². The number of fused-ring (bicyclic) bond motifs is 3. The monoisotopic (exact) mass is 428 g/mol. The quantitative estimate of drug-likeness (QED) is 0.696. The first-order chi connectivity index (χ1) is 14.7. The van der Waals surface area contributed by atoms with Crippen LogP contribution in [0.25, 0.3) is 10.2 Å². The van der Waals surface area contributed by atoms with E-state index in [0.717, 1.165) is 31.2 Å². The van der Waals surface area contributed by atoms with Crippen LogP contribution in [-0.4, -0.2) is 53.7 Å². The van der Waals surface area contributed by atoms with E-state index in [1.54, 1.807) is 0 Å². The smallest absolute Gasteiger partial charge is 0.409 e. The number of hydrogen-bond donors (Lipinski definition) is 0. The van der Waals surface area contributed by atoms with Crippen LogP contribution in [0.4, 0.5) is 10.6 Å². The van der Waals surface area contributed by atoms with Crippen LogP contribution >= 0.6 is 11.3 Å². The summed E-state index contributed by atoms with van der Waals surface area (Å²) < 4.78 is 5.20. The van der Waals surface area contributed by atoms with Crippen LogP contribution < -0.4 is 4.90 Å². The van der Waals surface area contributed by atoms with Crippen LogP contribution in [0.1, 0.15) is 74.1 Å². The SMILES string of the molecule is CCOC(=O)N1CCN(c2nc(C3CCCCC3)nc3sc4c(c23)CCCC4)CC1. The Morgan fingerprint density at radius 3 is 2.57 bits per heavy atom. The zero-order valence-electron chi connectivity index (χ0n) is 18.0. The van der Waals surface area contributed by atoms with Gasteiger partial charge in [-0.05, 0) is 51.0 Å². The molecule has 2 fully saturated rings. The van der Waals surface area contributed by atoms with Crippen LogP contribution in [0, 0.1) is 0 Å². The number of anilines is 1. The van der Waals surface area contributed by atoms with Gasteiger partial charge in [0.2, 0.25) is 0 Å². The van der Waals surface area contributed by atoms with E-state index in [0.29, 0.717) is 25.6 Å². The van der Waals surface area contributed by atoms with Crippen LogP contribution in [0.5, 0.6) is 0 Å². The number of aromatic nitrogens is 2. The maximum atomic E-state index is 12.1. The standard InChI is InChI=1S/C23H32N4O2S/c1-2-29-23(28)27-14-12-26(13-15-27)21-19-17-10-6-7-11-18(17)30-22(19)25-20(24-21)16-8-4-3-5-9-16/h16H,2-15H2,1H3. The minimum Gasteiger partial charge on any atom is -0.450 e. The van der Waals surface area contributed by atoms with Crippen molar-refractivity contribution in [1.29, 1.82) is 0 Å². The summed E-state index contributed by atoms with van der Waals surface area (Å²) in [5.41, 5.74) is 1.50. The molecule has 2 aromatic heterocycles. The lowest BCUT2D eigenvalue weighted by molar-refractivity contribution is 0.105. The molecule has 1 saturated carbocycles. The Labute approximate surface area is 182 Å². The van der Waals surface area contributed by atoms with E-state index in [-0.39, 0.29) is 6.09 Å². The zero-order chi connectivity index (χ0) is 20.5. The number of hydrogen-bond acceptors (Lipinski definition) is 6. The molecule has 0 aromatic carbocycles. The second-order valence-electron chi connectivity index (χ2n) is 8.80. The molecule has 1 saturated heterocycles. The van der Waals surface area contributed by atoms with Crippen molar-refractivity contribution in [1.82, 2.24) is 14.9 Å². The molecule has 0 bridgehead atoms. The van der Waals surface area contributed by atoms with Crippen molar-refractivity contribution in [2.24, 2.45) is 0 Å². The Hall–Kier alpha value is -1.89. The summed E-state index contributed by atoms with van der Waals surface area (Å²) in [6.07, 6.45) is 11.0. The van der Waals surface area contributed by atoms with Crippen molar-refractivity contribution in [2.75, 3.05) is 37.7 Å². The second-order valence-corrected chi connectivity index (χ2v) is 9.89. The maximum Gasteiger partial charge on any atom is 0.409 e. The third-order valence-electron chi connectivity index (χ3n) is 6.89. The molecule has 0 spiro atoms. The summed E-state index contributed by atoms with van der Waals surface area (Å²) in [6, 6.07) is 0. The van der Waals surface area contributed by atoms with Gasteiger partial charge in [0.15, 0.2) is 0 Å². The number of aryl methyl sites for hydroxylation is 2. The summed E-state index contributed by atoms with van der Waals surface area (Å²) in [7, 11) is 0. The molecule has 6 nitrogen and oxygen atoms in total. The lowest BCUT2D eigenvalue weighted by Crippen LogP contribution is -2.49. The first kappa shape index (κ1) is 20.0. The molecule has 3 heterocycles. The predicted octanol–water partition coefficient (Wildman–Crippen LogP) is 4.90. The largest absolute Gasteiger partial charge is 0.450 e. The summed E-state index contributed by atoms with van der Waals surface area (Å²) >= 11 is 1.91. The van der Waals surface area contributed by atoms with Crippen LogP contribution in [0.2, 0.25) is 0 Å². The van der Waals surface area contributed by atoms with Crippen LogP contribution in [0.15, 0.2) is 0 Å². The molecule has 0 atom stereocenters. The van der Waals surface area contributed by atoms with E-state index in [2.05, 4.69) is 4.90 Å². The van der Waals surface area contributed by atoms with Gasteiger partial charge in [-0.3, -0.25) is 0 Å². The lowest BCUT2D eigenvalue weighted by atomic mass is 9.88. The number of thiophene rings is 1. The molecule has 3 aliphatic rings. The number of amides is 1. The Morgan fingerprint density at radius 1 is 1.03 bits per heavy atom. The molecule has 5 rings (SSSR count). The van der Waals surface area contributed by atoms with E-state index in [4.69, 9.17) is 14.7 Å². The van der Waals surface area contributed by atoms with Gasteiger partial charge in [-0.2, -0.15) is 0 Å². The van der Waals surface area contributed by atoms with Crippen molar-refractivity contribution >= 4 is 33.5 Å². The molecule has 30 heavy (non-hydrogen) atoms. The van der Waals surface area contributed by atoms with Crippen molar-refractivity contribution in [2.45, 2.75) is 70.6 Å². The number of rotatable bonds is 3. The summed E-state index contributed by atoms with van der Waals surface area (Å²) in [5, 5.41) is 1.30. The minimum atomic E-state index is -0.194. The van der Waals surface area contributed by atoms with E-state index in [1.807, 2.05) is 23.2 Å². The Morgan fingerprint density at radius 2 is 1.80 bits per heavy atom. The normalized spacial score (nSPS) is 20.4. The summed E-state index contributed by atoms with van der Waals surface area (Å²) in [5.74, 6) is 2.69. The zero-order valence-corrected chi connectivity index (χ0v) is 18.8. The number of ether oxygens (including phenoxy) is 1. The van der Waals surface area contributed by atoms with Crippen LogP contribution in [0.3, 0.4) is 0 Å². The Balaban J connectivity index is 1.49. The highest BCUT2D eigenvalue weighted by atomic mass is 32.1. The highest BCUT2D eigenvalue weighted by Gasteiger charge is 2.29. The molecular weight excluding hydrogens is 396 g/mol. The van der Waals surface area contributed by atoms with Crippen LogP contribution in [-0.2, 0) is 17.6 Å². The van der Waals surface area contributed by atoms with Crippen molar-refractivity contribution in [3.8, 4) is 0 Å². The number of nitrogens with zero attached hydrogens (tertiary/aromatic N) is 4. The predicted molar refractivity (Wildman–Crippen MR) is 121 cm³/mol. The molecular formula is C23H32N4O2S. The van der Waals surface area contributed by atoms with E-state index in [1.165, 1.54) is 72.0 Å². The average Bonchev–Trinajstić information content (AvgIpc) is 3.18. The van der Waals surface area contributed by atoms with Gasteiger partial charge in [0.1, 0.15) is 16.5 Å². The third-order valence-corrected chi connectivity index (χ3v) is 8.07. The fourth-order valence-electron chi connectivity index (χ4n) is 5.24. The first-order valence-corrected chi connectivity index (χ1v) is 12.5. The molecule has 0 unspecified atom stereocenters. The van der Waals surface area contributed by atoms with E-state index in [9.17, 15) is 4.79 Å². The molecule has 0 N–H and O–H groups in total. The molecule has 1 amide bonds. The van der Waals surface area contributed by atoms with Gasteiger partial charge < -0.3 is 14.5 Å². The Kier molecular flexibility index (Phi) is 5.81. The molecule has 1 aliphatic heterocycles. The highest BCUT2D eigenvalue weighted by Crippen LogP contribution is 2.42. The third kappa shape index (κ3) is 3.77. The summed E-state index contributed by atoms with van der Waals surface area (Å²) in [4.78, 5) is 29.4. The van der Waals surface area contributed by atoms with Crippen molar-refractivity contribution < 1.29 is 9.53 Å². The van der Waals surface area contributed by atoms with Gasteiger partial charge in [-0.1, -0.05) is 19.3 Å². The molecule has 0 radical (unpaired) electrons. The van der Waals surface area contributed by atoms with Crippen molar-refractivity contribution in [3.63, 3.8) is 0 Å². The van der Waals surface area contributed by atoms with Gasteiger partial charge in [0, 0.05) is 37.0 Å². The van der Waals surface area contributed by atoms with Gasteiger partial charge >= 0.3 is 6.09 Å². The highest BCUT2D eigenvalue weighted by molar-refractivity contribution is 7.19. The van der Waals surface area contributed by atoms with E-state index >= 15 is 0 Å². The van der Waals surface area contributed by atoms with Crippen molar-refractivity contribution in [3.05, 3.63) is 16.3 Å². The fourth-order valence-corrected chi connectivity index (χ4v) is 6.50. The lowest BCUT2D eigenvalue weighted by Gasteiger charge is -2.35. The van der Waals surface area contributed by atoms with Gasteiger partial charge in [-0.25, -0.2) is 14.8 Å². The minimum absolute atomic E-state index is 0.194. The average molecular weight is 429 g/mol. The summed E-state index contributed by atoms with van der Waals surface area (Å²) in [6.45, 7) is 5.28. The molecule has 7 heteroatoms. The number of carbonyl (C=O) groups excluding carboxylic acids is 1. The van der Waals surface area contributed by atoms with E-state index < -0.39 is 0 Å². The molecule has 2 aromatic rings. The van der Waals surface area contributed by atoms with Gasteiger partial charge in [-0.15, -0.1) is 11.3 Å². The first-order valence-electron chi connectivity index (χ1n) is 11.7. The number of carbonyl (C=O) groups is 1. The molecule has 162 valence electrons.